The number of anilines is 1. The summed E-state index contributed by atoms with van der Waals surface area (Å²) in [4.78, 5) is 15.8. The first-order chi connectivity index (χ1) is 9.81. The fourth-order valence-corrected chi connectivity index (χ4v) is 2.34. The number of hydrogen-bond acceptors (Lipinski definition) is 4. The number of hydrogen-bond donors (Lipinski definition) is 3. The highest BCUT2D eigenvalue weighted by Gasteiger charge is 2.20. The summed E-state index contributed by atoms with van der Waals surface area (Å²) in [5.41, 5.74) is 4.69. The van der Waals surface area contributed by atoms with Crippen LogP contribution in [0.25, 0.3) is 5.65 Å². The largest absolute Gasteiger partial charge is 0.359 e. The Morgan fingerprint density at radius 2 is 2.10 bits per heavy atom. The molecule has 2 aromatic heterocycles. The molecule has 0 atom stereocenters. The predicted octanol–water partition coefficient (Wildman–Crippen LogP) is 2.15. The maximum Gasteiger partial charge on any atom is 0.262 e. The summed E-state index contributed by atoms with van der Waals surface area (Å²) in [5, 5.41) is 11.6. The van der Waals surface area contributed by atoms with Crippen LogP contribution in [0.1, 0.15) is 32.2 Å². The van der Waals surface area contributed by atoms with Gasteiger partial charge in [0, 0.05) is 5.69 Å². The number of nitrogens with one attached hydrogen (secondary N) is 2. The highest BCUT2D eigenvalue weighted by Crippen LogP contribution is 2.27. The number of hydroxylamine groups is 1. The van der Waals surface area contributed by atoms with Gasteiger partial charge in [0.25, 0.3) is 5.91 Å². The number of aryl methyl sites for hydroxylation is 1. The van der Waals surface area contributed by atoms with Crippen LogP contribution in [-0.4, -0.2) is 27.0 Å². The van der Waals surface area contributed by atoms with Gasteiger partial charge < -0.3 is 5.32 Å². The number of amides is 1. The highest BCUT2D eigenvalue weighted by molar-refractivity contribution is 5.79. The molecule has 6 heteroatoms. The Balaban J connectivity index is 2.45. The molecule has 2 heterocycles. The fraction of sp³-hybridized carbons (Fsp3) is 0.467. The van der Waals surface area contributed by atoms with Gasteiger partial charge in [-0.15, -0.1) is 0 Å². The molecular formula is C15H22N4O2. The van der Waals surface area contributed by atoms with Crippen molar-refractivity contribution in [1.82, 2.24) is 14.9 Å². The molecule has 114 valence electrons. The zero-order chi connectivity index (χ0) is 15.6. The lowest BCUT2D eigenvalue weighted by Crippen LogP contribution is -2.27. The minimum absolute atomic E-state index is 0.0173. The maximum atomic E-state index is 11.2. The Morgan fingerprint density at radius 3 is 2.71 bits per heavy atom. The van der Waals surface area contributed by atoms with Gasteiger partial charge in [-0.25, -0.2) is 10.5 Å². The van der Waals surface area contributed by atoms with Crippen molar-refractivity contribution in [3.05, 3.63) is 29.6 Å². The Morgan fingerprint density at radius 1 is 1.38 bits per heavy atom. The highest BCUT2D eigenvalue weighted by atomic mass is 16.5. The van der Waals surface area contributed by atoms with Crippen molar-refractivity contribution in [2.45, 2.75) is 34.1 Å². The van der Waals surface area contributed by atoms with Gasteiger partial charge in [-0.05, 0) is 30.9 Å². The van der Waals surface area contributed by atoms with E-state index in [2.05, 4.69) is 35.5 Å². The third-order valence-corrected chi connectivity index (χ3v) is 3.17. The fourth-order valence-electron chi connectivity index (χ4n) is 2.34. The van der Waals surface area contributed by atoms with Gasteiger partial charge in [0.15, 0.2) is 0 Å². The Labute approximate surface area is 124 Å². The standard InChI is InChI=1S/C15H22N4O2/c1-10-6-5-7-12-17-14(16-9-13(20)18-21)11(19(10)12)8-15(2,3)4/h5-7,16,21H,8-9H2,1-4H3,(H,18,20). The van der Waals surface area contributed by atoms with Gasteiger partial charge in [0.2, 0.25) is 0 Å². The van der Waals surface area contributed by atoms with Crippen LogP contribution in [0.3, 0.4) is 0 Å². The van der Waals surface area contributed by atoms with E-state index >= 15 is 0 Å². The smallest absolute Gasteiger partial charge is 0.262 e. The van der Waals surface area contributed by atoms with Crippen LogP contribution in [0.4, 0.5) is 5.82 Å². The number of rotatable bonds is 4. The number of aromatic nitrogens is 2. The predicted molar refractivity (Wildman–Crippen MR) is 81.5 cm³/mol. The second-order valence-corrected chi connectivity index (χ2v) is 6.39. The molecule has 2 aromatic rings. The van der Waals surface area contributed by atoms with Gasteiger partial charge in [-0.2, -0.15) is 0 Å². The van der Waals surface area contributed by atoms with E-state index in [1.165, 1.54) is 0 Å². The Kier molecular flexibility index (Phi) is 4.18. The second-order valence-electron chi connectivity index (χ2n) is 6.39. The van der Waals surface area contributed by atoms with Crippen molar-refractivity contribution in [2.24, 2.45) is 5.41 Å². The molecule has 0 aromatic carbocycles. The number of carbonyl (C=O) groups is 1. The SMILES string of the molecule is Cc1cccc2nc(NCC(=O)NO)c(CC(C)(C)C)n12. The number of carbonyl (C=O) groups excluding carboxylic acids is 1. The molecule has 0 spiro atoms. The van der Waals surface area contributed by atoms with E-state index in [9.17, 15) is 4.79 Å². The number of pyridine rings is 1. The molecule has 0 saturated heterocycles. The van der Waals surface area contributed by atoms with Gasteiger partial charge in [-0.1, -0.05) is 26.8 Å². The molecule has 0 aliphatic heterocycles. The van der Waals surface area contributed by atoms with Crippen LogP contribution in [0, 0.1) is 12.3 Å². The van der Waals surface area contributed by atoms with Crippen LogP contribution in [0.2, 0.25) is 0 Å². The van der Waals surface area contributed by atoms with Gasteiger partial charge >= 0.3 is 0 Å². The van der Waals surface area contributed by atoms with Crippen LogP contribution >= 0.6 is 0 Å². The topological polar surface area (TPSA) is 78.7 Å². The quantitative estimate of drug-likeness (QED) is 0.595. The van der Waals surface area contributed by atoms with E-state index in [1.807, 2.05) is 25.1 Å². The summed E-state index contributed by atoms with van der Waals surface area (Å²) < 4.78 is 2.10. The molecule has 6 nitrogen and oxygen atoms in total. The lowest BCUT2D eigenvalue weighted by atomic mass is 9.90. The Hall–Kier alpha value is -2.08. The van der Waals surface area contributed by atoms with Gasteiger partial charge in [-0.3, -0.25) is 14.4 Å². The first-order valence-electron chi connectivity index (χ1n) is 6.95. The average molecular weight is 290 g/mol. The van der Waals surface area contributed by atoms with Crippen molar-refractivity contribution >= 4 is 17.4 Å². The zero-order valence-electron chi connectivity index (χ0n) is 12.9. The first kappa shape index (κ1) is 15.3. The minimum Gasteiger partial charge on any atom is -0.359 e. The molecule has 0 aliphatic rings. The molecule has 3 N–H and O–H groups in total. The summed E-state index contributed by atoms with van der Waals surface area (Å²) >= 11 is 0. The second kappa shape index (κ2) is 5.73. The zero-order valence-corrected chi connectivity index (χ0v) is 12.9. The number of fused-ring (bicyclic) bond motifs is 1. The Bertz CT molecular complexity index is 655. The molecule has 0 bridgehead atoms. The maximum absolute atomic E-state index is 11.2. The molecule has 0 saturated carbocycles. The third kappa shape index (κ3) is 3.52. The van der Waals surface area contributed by atoms with E-state index in [0.717, 1.165) is 23.5 Å². The molecule has 21 heavy (non-hydrogen) atoms. The number of nitrogens with zero attached hydrogens (tertiary/aromatic N) is 2. The van der Waals surface area contributed by atoms with Crippen LogP contribution < -0.4 is 10.8 Å². The van der Waals surface area contributed by atoms with Gasteiger partial charge in [0.05, 0.1) is 12.2 Å². The first-order valence-corrected chi connectivity index (χ1v) is 6.95. The molecular weight excluding hydrogens is 268 g/mol. The molecule has 1 amide bonds. The van der Waals surface area contributed by atoms with E-state index in [4.69, 9.17) is 5.21 Å². The van der Waals surface area contributed by atoms with E-state index in [1.54, 1.807) is 5.48 Å². The molecule has 0 unspecified atom stereocenters. The minimum atomic E-state index is -0.495. The van der Waals surface area contributed by atoms with Crippen molar-refractivity contribution in [2.75, 3.05) is 11.9 Å². The van der Waals surface area contributed by atoms with Crippen molar-refractivity contribution in [3.63, 3.8) is 0 Å². The van der Waals surface area contributed by atoms with Crippen molar-refractivity contribution in [1.29, 1.82) is 0 Å². The monoisotopic (exact) mass is 290 g/mol. The average Bonchev–Trinajstić information content (AvgIpc) is 2.73. The lowest BCUT2D eigenvalue weighted by molar-refractivity contribution is -0.127. The molecule has 2 rings (SSSR count). The summed E-state index contributed by atoms with van der Waals surface area (Å²) in [6, 6.07) is 5.93. The lowest BCUT2D eigenvalue weighted by Gasteiger charge is -2.19. The van der Waals surface area contributed by atoms with E-state index < -0.39 is 5.91 Å². The van der Waals surface area contributed by atoms with Gasteiger partial charge in [0.1, 0.15) is 11.5 Å². The third-order valence-electron chi connectivity index (χ3n) is 3.17. The molecule has 0 radical (unpaired) electrons. The normalized spacial score (nSPS) is 11.7. The van der Waals surface area contributed by atoms with E-state index in [-0.39, 0.29) is 12.0 Å². The van der Waals surface area contributed by atoms with Crippen LogP contribution in [-0.2, 0) is 11.2 Å². The molecule has 0 fully saturated rings. The van der Waals surface area contributed by atoms with Crippen LogP contribution in [0.5, 0.6) is 0 Å². The summed E-state index contributed by atoms with van der Waals surface area (Å²) in [6.07, 6.45) is 0.822. The van der Waals surface area contributed by atoms with Crippen LogP contribution in [0.15, 0.2) is 18.2 Å². The summed E-state index contributed by atoms with van der Waals surface area (Å²) in [5.74, 6) is 0.188. The van der Waals surface area contributed by atoms with E-state index in [0.29, 0.717) is 5.82 Å². The molecule has 0 aliphatic carbocycles. The summed E-state index contributed by atoms with van der Waals surface area (Å²) in [7, 11) is 0. The van der Waals surface area contributed by atoms with Crippen molar-refractivity contribution in [3.8, 4) is 0 Å². The summed E-state index contributed by atoms with van der Waals surface area (Å²) in [6.45, 7) is 8.50. The van der Waals surface area contributed by atoms with Crippen molar-refractivity contribution < 1.29 is 10.0 Å². The number of imidazole rings is 1.